The maximum absolute atomic E-state index is 13.0. The second-order valence-electron chi connectivity index (χ2n) is 3.77. The van der Waals surface area contributed by atoms with Gasteiger partial charge in [0.15, 0.2) is 0 Å². The molecule has 1 nitrogen and oxygen atoms in total. The zero-order chi connectivity index (χ0) is 11.3. The van der Waals surface area contributed by atoms with Gasteiger partial charge in [-0.05, 0) is 30.2 Å². The van der Waals surface area contributed by atoms with Gasteiger partial charge in [0.25, 0.3) is 0 Å². The van der Waals surface area contributed by atoms with E-state index in [1.165, 1.54) is 25.0 Å². The largest absolute Gasteiger partial charge is 0.324 e. The van der Waals surface area contributed by atoms with Crippen LogP contribution in [0.25, 0.3) is 0 Å². The Morgan fingerprint density at radius 1 is 1.38 bits per heavy atom. The van der Waals surface area contributed by atoms with E-state index in [0.29, 0.717) is 0 Å². The molecule has 0 aliphatic heterocycles. The molecule has 0 unspecified atom stereocenters. The first-order chi connectivity index (χ1) is 7.15. The normalized spacial score (nSPS) is 12.0. The maximum atomic E-state index is 13.0. The summed E-state index contributed by atoms with van der Waals surface area (Å²) in [5.74, 6) is -0.223. The van der Waals surface area contributed by atoms with Crippen LogP contribution in [0.15, 0.2) is 22.7 Å². The SMILES string of the molecule is CCCCC[C@H](N)c1cc(F)ccc1Br.Cl. The Morgan fingerprint density at radius 2 is 2.06 bits per heavy atom. The lowest BCUT2D eigenvalue weighted by Gasteiger charge is -2.13. The molecule has 0 aliphatic rings. The van der Waals surface area contributed by atoms with Crippen LogP contribution in [0.1, 0.15) is 44.2 Å². The van der Waals surface area contributed by atoms with Crippen molar-refractivity contribution in [1.29, 1.82) is 0 Å². The van der Waals surface area contributed by atoms with Crippen LogP contribution in [0.5, 0.6) is 0 Å². The van der Waals surface area contributed by atoms with Crippen LogP contribution in [-0.4, -0.2) is 0 Å². The fourth-order valence-electron chi connectivity index (χ4n) is 1.57. The second kappa shape index (κ2) is 8.04. The summed E-state index contributed by atoms with van der Waals surface area (Å²) in [5.41, 5.74) is 6.88. The molecule has 0 saturated heterocycles. The van der Waals surface area contributed by atoms with Gasteiger partial charge in [0.1, 0.15) is 5.82 Å². The van der Waals surface area contributed by atoms with Crippen molar-refractivity contribution >= 4 is 28.3 Å². The Kier molecular flexibility index (Phi) is 7.98. The summed E-state index contributed by atoms with van der Waals surface area (Å²) in [7, 11) is 0. The maximum Gasteiger partial charge on any atom is 0.123 e. The summed E-state index contributed by atoms with van der Waals surface area (Å²) in [6.07, 6.45) is 4.37. The highest BCUT2D eigenvalue weighted by Gasteiger charge is 2.10. The molecule has 0 saturated carbocycles. The lowest BCUT2D eigenvalue weighted by molar-refractivity contribution is 0.571. The van der Waals surface area contributed by atoms with Crippen molar-refractivity contribution in [3.8, 4) is 0 Å². The number of rotatable bonds is 5. The van der Waals surface area contributed by atoms with Crippen LogP contribution in [0.2, 0.25) is 0 Å². The Hall–Kier alpha value is -0.120. The molecule has 0 spiro atoms. The predicted octanol–water partition coefficient (Wildman–Crippen LogP) is 4.59. The average molecular weight is 311 g/mol. The van der Waals surface area contributed by atoms with Gasteiger partial charge >= 0.3 is 0 Å². The van der Waals surface area contributed by atoms with Gasteiger partial charge in [-0.15, -0.1) is 12.4 Å². The van der Waals surface area contributed by atoms with Gasteiger partial charge in [-0.1, -0.05) is 42.1 Å². The monoisotopic (exact) mass is 309 g/mol. The van der Waals surface area contributed by atoms with Crippen molar-refractivity contribution in [2.75, 3.05) is 0 Å². The highest BCUT2D eigenvalue weighted by atomic mass is 79.9. The summed E-state index contributed by atoms with van der Waals surface area (Å²) >= 11 is 3.39. The van der Waals surface area contributed by atoms with Gasteiger partial charge in [-0.25, -0.2) is 4.39 Å². The molecule has 0 amide bonds. The molecular weight excluding hydrogens is 292 g/mol. The van der Waals surface area contributed by atoms with Crippen molar-refractivity contribution in [1.82, 2.24) is 0 Å². The quantitative estimate of drug-likeness (QED) is 0.791. The summed E-state index contributed by atoms with van der Waals surface area (Å²) in [4.78, 5) is 0. The molecule has 0 radical (unpaired) electrons. The highest BCUT2D eigenvalue weighted by molar-refractivity contribution is 9.10. The number of unbranched alkanes of at least 4 members (excludes halogenated alkanes) is 2. The summed E-state index contributed by atoms with van der Waals surface area (Å²) in [6, 6.07) is 4.60. The Morgan fingerprint density at radius 3 is 2.69 bits per heavy atom. The molecule has 0 heterocycles. The smallest absolute Gasteiger partial charge is 0.123 e. The highest BCUT2D eigenvalue weighted by Crippen LogP contribution is 2.26. The zero-order valence-corrected chi connectivity index (χ0v) is 11.8. The van der Waals surface area contributed by atoms with E-state index < -0.39 is 0 Å². The topological polar surface area (TPSA) is 26.0 Å². The third kappa shape index (κ3) is 4.81. The summed E-state index contributed by atoms with van der Waals surface area (Å²) in [5, 5.41) is 0. The van der Waals surface area contributed by atoms with E-state index in [4.69, 9.17) is 5.73 Å². The van der Waals surface area contributed by atoms with E-state index in [9.17, 15) is 4.39 Å². The first kappa shape index (κ1) is 15.9. The van der Waals surface area contributed by atoms with Gasteiger partial charge in [0, 0.05) is 10.5 Å². The van der Waals surface area contributed by atoms with E-state index in [-0.39, 0.29) is 24.3 Å². The third-order valence-electron chi connectivity index (χ3n) is 2.48. The third-order valence-corrected chi connectivity index (χ3v) is 3.20. The van der Waals surface area contributed by atoms with E-state index in [2.05, 4.69) is 22.9 Å². The van der Waals surface area contributed by atoms with Crippen LogP contribution >= 0.6 is 28.3 Å². The van der Waals surface area contributed by atoms with Crippen LogP contribution in [0.3, 0.4) is 0 Å². The predicted molar refractivity (Wildman–Crippen MR) is 72.4 cm³/mol. The van der Waals surface area contributed by atoms with Crippen molar-refractivity contribution < 1.29 is 4.39 Å². The van der Waals surface area contributed by atoms with E-state index in [1.807, 2.05) is 0 Å². The lowest BCUT2D eigenvalue weighted by atomic mass is 10.0. The lowest BCUT2D eigenvalue weighted by Crippen LogP contribution is -2.11. The fraction of sp³-hybridized carbons (Fsp3) is 0.500. The van der Waals surface area contributed by atoms with Crippen LogP contribution < -0.4 is 5.73 Å². The van der Waals surface area contributed by atoms with E-state index in [0.717, 1.165) is 22.9 Å². The summed E-state index contributed by atoms with van der Waals surface area (Å²) in [6.45, 7) is 2.16. The van der Waals surface area contributed by atoms with Gasteiger partial charge in [-0.3, -0.25) is 0 Å². The molecule has 1 atom stereocenters. The van der Waals surface area contributed by atoms with E-state index in [1.54, 1.807) is 6.07 Å². The molecule has 1 aromatic carbocycles. The van der Waals surface area contributed by atoms with Crippen molar-refractivity contribution in [2.45, 2.75) is 38.6 Å². The Balaban J connectivity index is 0.00000225. The molecular formula is C12H18BrClFN. The minimum Gasteiger partial charge on any atom is -0.324 e. The van der Waals surface area contributed by atoms with Crippen molar-refractivity contribution in [3.05, 3.63) is 34.1 Å². The number of benzene rings is 1. The molecule has 0 fully saturated rings. The van der Waals surface area contributed by atoms with Crippen molar-refractivity contribution in [2.24, 2.45) is 5.73 Å². The molecule has 2 N–H and O–H groups in total. The number of hydrogen-bond acceptors (Lipinski definition) is 1. The number of nitrogens with two attached hydrogens (primary N) is 1. The molecule has 0 aliphatic carbocycles. The first-order valence-electron chi connectivity index (χ1n) is 5.35. The summed E-state index contributed by atoms with van der Waals surface area (Å²) < 4.78 is 13.9. The van der Waals surface area contributed by atoms with Crippen LogP contribution in [-0.2, 0) is 0 Å². The standard InChI is InChI=1S/C12H17BrFN.ClH/c1-2-3-4-5-12(15)10-8-9(14)6-7-11(10)13;/h6-8,12H,2-5,15H2,1H3;1H/t12-;/m0./s1. The molecule has 4 heteroatoms. The minimum absolute atomic E-state index is 0. The van der Waals surface area contributed by atoms with Gasteiger partial charge in [0.05, 0.1) is 0 Å². The molecule has 1 rings (SSSR count). The molecule has 0 aromatic heterocycles. The van der Waals surface area contributed by atoms with Gasteiger partial charge < -0.3 is 5.73 Å². The van der Waals surface area contributed by atoms with E-state index >= 15 is 0 Å². The zero-order valence-electron chi connectivity index (χ0n) is 9.38. The fourth-order valence-corrected chi connectivity index (χ4v) is 2.11. The van der Waals surface area contributed by atoms with Crippen LogP contribution in [0, 0.1) is 5.82 Å². The molecule has 1 aromatic rings. The minimum atomic E-state index is -0.223. The Labute approximate surface area is 111 Å². The first-order valence-corrected chi connectivity index (χ1v) is 6.15. The number of hydrogen-bond donors (Lipinski definition) is 1. The van der Waals surface area contributed by atoms with Crippen LogP contribution in [0.4, 0.5) is 4.39 Å². The van der Waals surface area contributed by atoms with Gasteiger partial charge in [0.2, 0.25) is 0 Å². The molecule has 16 heavy (non-hydrogen) atoms. The molecule has 0 bridgehead atoms. The second-order valence-corrected chi connectivity index (χ2v) is 4.62. The molecule has 92 valence electrons. The Bertz CT molecular complexity index is 320. The van der Waals surface area contributed by atoms with Crippen molar-refractivity contribution in [3.63, 3.8) is 0 Å². The average Bonchev–Trinajstić information content (AvgIpc) is 2.22. The number of halogens is 3. The van der Waals surface area contributed by atoms with Gasteiger partial charge in [-0.2, -0.15) is 0 Å².